The molecule has 3 aromatic rings. The fourth-order valence-corrected chi connectivity index (χ4v) is 3.31. The number of nitrogens with zero attached hydrogens (tertiary/aromatic N) is 3. The van der Waals surface area contributed by atoms with Crippen LogP contribution in [-0.2, 0) is 0 Å². The van der Waals surface area contributed by atoms with Crippen LogP contribution in [0.2, 0.25) is 5.15 Å². The molecular weight excluding hydrogens is 310 g/mol. The number of nitro benzene ring substituents is 1. The molecule has 0 aliphatic heterocycles. The van der Waals surface area contributed by atoms with E-state index in [1.165, 1.54) is 10.9 Å². The van der Waals surface area contributed by atoms with Gasteiger partial charge >= 0.3 is 0 Å². The van der Waals surface area contributed by atoms with Crippen LogP contribution in [0.3, 0.4) is 0 Å². The first-order valence-corrected chi connectivity index (χ1v) is 7.35. The minimum atomic E-state index is -0.476. The molecule has 21 heavy (non-hydrogen) atoms. The van der Waals surface area contributed by atoms with Crippen LogP contribution in [0.5, 0.6) is 0 Å². The molecule has 1 aromatic carbocycles. The highest BCUT2D eigenvalue weighted by Crippen LogP contribution is 2.34. The van der Waals surface area contributed by atoms with Crippen LogP contribution in [0.1, 0.15) is 10.4 Å². The number of halogens is 1. The summed E-state index contributed by atoms with van der Waals surface area (Å²) in [6.45, 7) is 4.04. The predicted octanol–water partition coefficient (Wildman–Crippen LogP) is 4.54. The maximum Gasteiger partial charge on any atom is 0.281 e. The van der Waals surface area contributed by atoms with Gasteiger partial charge in [0, 0.05) is 10.9 Å². The standard InChI is InChI=1S/C14H10ClN3O2S/c1-7-6-11(21-8(7)2)14-16-9-4-3-5-10(18(19)20)12(9)13(15)17-14/h3-6H,1-2H3. The zero-order chi connectivity index (χ0) is 15.1. The van der Waals surface area contributed by atoms with Crippen LogP contribution in [0, 0.1) is 24.0 Å². The number of thiophene rings is 1. The first kappa shape index (κ1) is 13.9. The van der Waals surface area contributed by atoms with Gasteiger partial charge in [-0.1, -0.05) is 17.7 Å². The highest BCUT2D eigenvalue weighted by molar-refractivity contribution is 7.15. The monoisotopic (exact) mass is 319 g/mol. The number of benzene rings is 1. The van der Waals surface area contributed by atoms with Gasteiger partial charge < -0.3 is 0 Å². The summed E-state index contributed by atoms with van der Waals surface area (Å²) in [4.78, 5) is 21.3. The molecular formula is C14H10ClN3O2S. The number of hydrogen-bond acceptors (Lipinski definition) is 5. The van der Waals surface area contributed by atoms with E-state index < -0.39 is 4.92 Å². The minimum Gasteiger partial charge on any atom is -0.258 e. The van der Waals surface area contributed by atoms with Crippen molar-refractivity contribution in [2.75, 3.05) is 0 Å². The van der Waals surface area contributed by atoms with Crippen molar-refractivity contribution in [1.29, 1.82) is 0 Å². The summed E-state index contributed by atoms with van der Waals surface area (Å²) < 4.78 is 0. The first-order valence-electron chi connectivity index (χ1n) is 6.15. The third-order valence-electron chi connectivity index (χ3n) is 3.24. The Morgan fingerprint density at radius 1 is 1.29 bits per heavy atom. The SMILES string of the molecule is Cc1cc(-c2nc(Cl)c3c([N+](=O)[O-])cccc3n2)sc1C. The summed E-state index contributed by atoms with van der Waals surface area (Å²) in [7, 11) is 0. The average molecular weight is 320 g/mol. The van der Waals surface area contributed by atoms with Gasteiger partial charge in [-0.25, -0.2) is 9.97 Å². The second-order valence-electron chi connectivity index (χ2n) is 4.62. The zero-order valence-electron chi connectivity index (χ0n) is 11.3. The summed E-state index contributed by atoms with van der Waals surface area (Å²) in [6.07, 6.45) is 0. The molecule has 0 bridgehead atoms. The summed E-state index contributed by atoms with van der Waals surface area (Å²) in [5.74, 6) is 0.495. The van der Waals surface area contributed by atoms with Gasteiger partial charge in [-0.3, -0.25) is 10.1 Å². The number of aryl methyl sites for hydroxylation is 2. The van der Waals surface area contributed by atoms with Crippen molar-refractivity contribution in [1.82, 2.24) is 9.97 Å². The lowest BCUT2D eigenvalue weighted by molar-refractivity contribution is -0.383. The number of rotatable bonds is 2. The van der Waals surface area contributed by atoms with Crippen LogP contribution >= 0.6 is 22.9 Å². The Labute approximate surface area is 129 Å². The molecule has 2 heterocycles. The largest absolute Gasteiger partial charge is 0.281 e. The molecule has 7 heteroatoms. The van der Waals surface area contributed by atoms with Crippen molar-refractivity contribution in [2.45, 2.75) is 13.8 Å². The third kappa shape index (κ3) is 2.36. The normalized spacial score (nSPS) is 11.0. The Balaban J connectivity index is 2.27. The topological polar surface area (TPSA) is 68.9 Å². The van der Waals surface area contributed by atoms with Crippen LogP contribution < -0.4 is 0 Å². The van der Waals surface area contributed by atoms with Crippen molar-refractivity contribution in [3.63, 3.8) is 0 Å². The quantitative estimate of drug-likeness (QED) is 0.395. The molecule has 0 aliphatic carbocycles. The average Bonchev–Trinajstić information content (AvgIpc) is 2.78. The molecule has 106 valence electrons. The molecule has 0 radical (unpaired) electrons. The Hall–Kier alpha value is -2.05. The Bertz CT molecular complexity index is 857. The maximum atomic E-state index is 11.1. The van der Waals surface area contributed by atoms with E-state index in [0.29, 0.717) is 11.3 Å². The van der Waals surface area contributed by atoms with Gasteiger partial charge in [-0.2, -0.15) is 0 Å². The van der Waals surface area contributed by atoms with E-state index >= 15 is 0 Å². The molecule has 3 rings (SSSR count). The lowest BCUT2D eigenvalue weighted by atomic mass is 10.2. The maximum absolute atomic E-state index is 11.1. The highest BCUT2D eigenvalue weighted by atomic mass is 35.5. The smallest absolute Gasteiger partial charge is 0.258 e. The zero-order valence-corrected chi connectivity index (χ0v) is 12.8. The van der Waals surface area contributed by atoms with Gasteiger partial charge in [-0.15, -0.1) is 11.3 Å². The molecule has 0 N–H and O–H groups in total. The fraction of sp³-hybridized carbons (Fsp3) is 0.143. The molecule has 0 amide bonds. The minimum absolute atomic E-state index is 0.0809. The van der Waals surface area contributed by atoms with Crippen molar-refractivity contribution < 1.29 is 4.92 Å². The van der Waals surface area contributed by atoms with Crippen LogP contribution in [0.15, 0.2) is 24.3 Å². The van der Waals surface area contributed by atoms with Gasteiger partial charge in [0.15, 0.2) is 5.82 Å². The highest BCUT2D eigenvalue weighted by Gasteiger charge is 2.18. The molecule has 0 saturated heterocycles. The fourth-order valence-electron chi connectivity index (χ4n) is 2.07. The van der Waals surface area contributed by atoms with Gasteiger partial charge in [0.25, 0.3) is 5.69 Å². The second-order valence-corrected chi connectivity index (χ2v) is 6.23. The lowest BCUT2D eigenvalue weighted by Crippen LogP contribution is -1.95. The number of fused-ring (bicyclic) bond motifs is 1. The summed E-state index contributed by atoms with van der Waals surface area (Å²) in [6, 6.07) is 6.69. The number of aromatic nitrogens is 2. The van der Waals surface area contributed by atoms with E-state index in [1.54, 1.807) is 23.5 Å². The van der Waals surface area contributed by atoms with Crippen LogP contribution in [0.4, 0.5) is 5.69 Å². The van der Waals surface area contributed by atoms with E-state index in [-0.39, 0.29) is 16.2 Å². The van der Waals surface area contributed by atoms with Crippen LogP contribution in [0.25, 0.3) is 21.6 Å². The van der Waals surface area contributed by atoms with E-state index in [9.17, 15) is 10.1 Å². The summed E-state index contributed by atoms with van der Waals surface area (Å²) in [5, 5.41) is 11.4. The number of non-ortho nitro benzene ring substituents is 1. The van der Waals surface area contributed by atoms with Gasteiger partial charge in [0.05, 0.1) is 15.3 Å². The van der Waals surface area contributed by atoms with E-state index in [4.69, 9.17) is 11.6 Å². The molecule has 0 unspecified atom stereocenters. The lowest BCUT2D eigenvalue weighted by Gasteiger charge is -2.03. The van der Waals surface area contributed by atoms with Crippen molar-refractivity contribution in [3.8, 4) is 10.7 Å². The van der Waals surface area contributed by atoms with Gasteiger partial charge in [-0.05, 0) is 31.5 Å². The van der Waals surface area contributed by atoms with Gasteiger partial charge in [0.1, 0.15) is 10.5 Å². The van der Waals surface area contributed by atoms with E-state index in [1.807, 2.05) is 19.9 Å². The molecule has 2 aromatic heterocycles. The molecule has 0 aliphatic rings. The Morgan fingerprint density at radius 3 is 2.67 bits per heavy atom. The first-order chi connectivity index (χ1) is 9.97. The Kier molecular flexibility index (Phi) is 3.35. The van der Waals surface area contributed by atoms with Crippen molar-refractivity contribution in [2.24, 2.45) is 0 Å². The third-order valence-corrected chi connectivity index (χ3v) is 4.66. The van der Waals surface area contributed by atoms with E-state index in [2.05, 4.69) is 9.97 Å². The Morgan fingerprint density at radius 2 is 2.05 bits per heavy atom. The molecule has 5 nitrogen and oxygen atoms in total. The second kappa shape index (κ2) is 5.05. The van der Waals surface area contributed by atoms with E-state index in [0.717, 1.165) is 10.4 Å². The predicted molar refractivity (Wildman–Crippen MR) is 84.0 cm³/mol. The van der Waals surface area contributed by atoms with Crippen molar-refractivity contribution >= 4 is 39.5 Å². The summed E-state index contributed by atoms with van der Waals surface area (Å²) >= 11 is 7.73. The van der Waals surface area contributed by atoms with Crippen molar-refractivity contribution in [3.05, 3.63) is 50.0 Å². The summed E-state index contributed by atoms with van der Waals surface area (Å²) in [5.41, 5.74) is 1.55. The number of nitro groups is 1. The molecule has 0 atom stereocenters. The van der Waals surface area contributed by atoms with Crippen LogP contribution in [-0.4, -0.2) is 14.9 Å². The molecule has 0 spiro atoms. The van der Waals surface area contributed by atoms with Gasteiger partial charge in [0.2, 0.25) is 0 Å². The molecule has 0 fully saturated rings. The number of hydrogen-bond donors (Lipinski definition) is 0. The molecule has 0 saturated carbocycles.